The molecule has 0 amide bonds. The van der Waals surface area contributed by atoms with Crippen LogP contribution in [0.5, 0.6) is 0 Å². The summed E-state index contributed by atoms with van der Waals surface area (Å²) in [5, 5.41) is 3.29. The van der Waals surface area contributed by atoms with Crippen LogP contribution in [0.3, 0.4) is 0 Å². The Balaban J connectivity index is 3.87. The maximum Gasteiger partial charge on any atom is 0.0298 e. The average molecular weight is 144 g/mol. The van der Waals surface area contributed by atoms with E-state index in [2.05, 4.69) is 19.2 Å². The third kappa shape index (κ3) is 2.27. The van der Waals surface area contributed by atoms with Gasteiger partial charge in [-0.25, -0.2) is 0 Å². The van der Waals surface area contributed by atoms with E-state index in [4.69, 9.17) is 5.73 Å². The van der Waals surface area contributed by atoms with E-state index in [1.54, 1.807) is 0 Å². The average Bonchev–Trinajstić information content (AvgIpc) is 2.01. The Bertz CT molecular complexity index is 69.1. The van der Waals surface area contributed by atoms with Gasteiger partial charge in [-0.1, -0.05) is 20.3 Å². The first-order valence-corrected chi connectivity index (χ1v) is 4.13. The van der Waals surface area contributed by atoms with Crippen molar-refractivity contribution in [3.8, 4) is 0 Å². The molecule has 0 aromatic heterocycles. The van der Waals surface area contributed by atoms with Crippen LogP contribution in [0.1, 0.15) is 33.1 Å². The normalized spacial score (nSPS) is 16.8. The number of hydrogen-bond acceptors (Lipinski definition) is 2. The maximum atomic E-state index is 5.65. The number of likely N-dealkylation sites (N-methyl/N-ethyl adjacent to an activating group) is 1. The number of rotatable bonds is 5. The molecule has 0 fully saturated rings. The summed E-state index contributed by atoms with van der Waals surface area (Å²) >= 11 is 0. The van der Waals surface area contributed by atoms with Crippen molar-refractivity contribution < 1.29 is 0 Å². The zero-order chi connectivity index (χ0) is 8.04. The van der Waals surface area contributed by atoms with Crippen LogP contribution >= 0.6 is 0 Å². The number of nitrogens with two attached hydrogens (primary N) is 1. The van der Waals surface area contributed by atoms with E-state index < -0.39 is 0 Å². The van der Waals surface area contributed by atoms with Gasteiger partial charge in [-0.2, -0.15) is 0 Å². The van der Waals surface area contributed by atoms with Crippen LogP contribution in [0, 0.1) is 0 Å². The van der Waals surface area contributed by atoms with Crippen molar-refractivity contribution in [1.82, 2.24) is 5.32 Å². The van der Waals surface area contributed by atoms with E-state index in [1.165, 1.54) is 12.8 Å². The molecular formula is C8H20N2. The van der Waals surface area contributed by atoms with Crippen molar-refractivity contribution in [2.24, 2.45) is 5.73 Å². The van der Waals surface area contributed by atoms with Gasteiger partial charge in [0.2, 0.25) is 0 Å². The summed E-state index contributed by atoms with van der Waals surface area (Å²) in [5.41, 5.74) is 5.86. The van der Waals surface area contributed by atoms with Crippen LogP contribution in [0.15, 0.2) is 0 Å². The van der Waals surface area contributed by atoms with Gasteiger partial charge in [0.1, 0.15) is 0 Å². The summed E-state index contributed by atoms with van der Waals surface area (Å²) in [6.45, 7) is 5.12. The van der Waals surface area contributed by atoms with Gasteiger partial charge in [-0.05, 0) is 19.9 Å². The van der Waals surface area contributed by atoms with Gasteiger partial charge >= 0.3 is 0 Å². The SMILES string of the molecule is CCCC(CC)(CN)NC. The lowest BCUT2D eigenvalue weighted by atomic mass is 9.91. The molecule has 0 aromatic rings. The van der Waals surface area contributed by atoms with E-state index in [0.717, 1.165) is 13.0 Å². The fourth-order valence-electron chi connectivity index (χ4n) is 1.31. The summed E-state index contributed by atoms with van der Waals surface area (Å²) in [6, 6.07) is 0. The molecule has 3 N–H and O–H groups in total. The third-order valence-corrected chi connectivity index (χ3v) is 2.33. The van der Waals surface area contributed by atoms with E-state index in [-0.39, 0.29) is 5.54 Å². The first-order valence-electron chi connectivity index (χ1n) is 4.13. The van der Waals surface area contributed by atoms with E-state index in [0.29, 0.717) is 0 Å². The second kappa shape index (κ2) is 4.69. The summed E-state index contributed by atoms with van der Waals surface area (Å²) in [4.78, 5) is 0. The van der Waals surface area contributed by atoms with E-state index in [9.17, 15) is 0 Å². The standard InChI is InChI=1S/C8H20N2/c1-4-6-8(5-2,7-9)10-3/h10H,4-7,9H2,1-3H3. The molecule has 0 bridgehead atoms. The quantitative estimate of drug-likeness (QED) is 0.606. The minimum absolute atomic E-state index is 0.203. The van der Waals surface area contributed by atoms with Gasteiger partial charge < -0.3 is 11.1 Å². The van der Waals surface area contributed by atoms with Crippen molar-refractivity contribution in [3.05, 3.63) is 0 Å². The second-order valence-corrected chi connectivity index (χ2v) is 2.84. The Morgan fingerprint density at radius 3 is 2.10 bits per heavy atom. The molecule has 0 heterocycles. The van der Waals surface area contributed by atoms with Gasteiger partial charge in [0.25, 0.3) is 0 Å². The van der Waals surface area contributed by atoms with E-state index in [1.807, 2.05) is 7.05 Å². The zero-order valence-corrected chi connectivity index (χ0v) is 7.41. The maximum absolute atomic E-state index is 5.65. The van der Waals surface area contributed by atoms with Crippen LogP contribution in [0.25, 0.3) is 0 Å². The fraction of sp³-hybridized carbons (Fsp3) is 1.00. The molecule has 62 valence electrons. The van der Waals surface area contributed by atoms with Crippen LogP contribution in [-0.4, -0.2) is 19.1 Å². The van der Waals surface area contributed by atoms with Gasteiger partial charge in [0.05, 0.1) is 0 Å². The first kappa shape index (κ1) is 9.92. The molecule has 0 aliphatic rings. The van der Waals surface area contributed by atoms with Crippen molar-refractivity contribution in [2.45, 2.75) is 38.6 Å². The Morgan fingerprint density at radius 2 is 2.00 bits per heavy atom. The summed E-state index contributed by atoms with van der Waals surface area (Å²) in [5.74, 6) is 0. The molecule has 0 rings (SSSR count). The summed E-state index contributed by atoms with van der Waals surface area (Å²) in [7, 11) is 1.99. The smallest absolute Gasteiger partial charge is 0.0298 e. The molecule has 0 saturated heterocycles. The lowest BCUT2D eigenvalue weighted by Gasteiger charge is -2.30. The highest BCUT2D eigenvalue weighted by molar-refractivity contribution is 4.85. The minimum Gasteiger partial charge on any atom is -0.329 e. The molecule has 0 aliphatic carbocycles. The molecule has 10 heavy (non-hydrogen) atoms. The number of nitrogens with one attached hydrogen (secondary N) is 1. The Morgan fingerprint density at radius 1 is 1.40 bits per heavy atom. The van der Waals surface area contributed by atoms with Gasteiger partial charge in [0.15, 0.2) is 0 Å². The largest absolute Gasteiger partial charge is 0.329 e. The molecule has 2 heteroatoms. The number of hydrogen-bond donors (Lipinski definition) is 2. The Hall–Kier alpha value is -0.0800. The Kier molecular flexibility index (Phi) is 4.65. The third-order valence-electron chi connectivity index (χ3n) is 2.33. The topological polar surface area (TPSA) is 38.0 Å². The van der Waals surface area contributed by atoms with Crippen molar-refractivity contribution in [3.63, 3.8) is 0 Å². The molecule has 2 nitrogen and oxygen atoms in total. The molecule has 1 unspecified atom stereocenters. The predicted molar refractivity (Wildman–Crippen MR) is 46.0 cm³/mol. The zero-order valence-electron chi connectivity index (χ0n) is 7.41. The molecular weight excluding hydrogens is 124 g/mol. The van der Waals surface area contributed by atoms with Crippen molar-refractivity contribution in [1.29, 1.82) is 0 Å². The highest BCUT2D eigenvalue weighted by atomic mass is 15.0. The van der Waals surface area contributed by atoms with Crippen LogP contribution in [0.2, 0.25) is 0 Å². The second-order valence-electron chi connectivity index (χ2n) is 2.84. The molecule has 0 aliphatic heterocycles. The van der Waals surface area contributed by atoms with Crippen molar-refractivity contribution in [2.75, 3.05) is 13.6 Å². The lowest BCUT2D eigenvalue weighted by molar-refractivity contribution is 0.319. The van der Waals surface area contributed by atoms with Crippen molar-refractivity contribution >= 4 is 0 Å². The monoisotopic (exact) mass is 144 g/mol. The van der Waals surface area contributed by atoms with Crippen LogP contribution in [-0.2, 0) is 0 Å². The first-order chi connectivity index (χ1) is 4.74. The molecule has 1 atom stereocenters. The van der Waals surface area contributed by atoms with E-state index >= 15 is 0 Å². The molecule has 0 radical (unpaired) electrons. The minimum atomic E-state index is 0.203. The van der Waals surface area contributed by atoms with Gasteiger partial charge in [0, 0.05) is 12.1 Å². The summed E-state index contributed by atoms with van der Waals surface area (Å²) in [6.07, 6.45) is 3.50. The lowest BCUT2D eigenvalue weighted by Crippen LogP contribution is -2.48. The Labute approximate surface area is 64.2 Å². The van der Waals surface area contributed by atoms with Crippen LogP contribution in [0.4, 0.5) is 0 Å². The molecule has 0 aromatic carbocycles. The van der Waals surface area contributed by atoms with Crippen LogP contribution < -0.4 is 11.1 Å². The summed E-state index contributed by atoms with van der Waals surface area (Å²) < 4.78 is 0. The highest BCUT2D eigenvalue weighted by Crippen LogP contribution is 2.14. The van der Waals surface area contributed by atoms with Gasteiger partial charge in [-0.3, -0.25) is 0 Å². The molecule has 0 saturated carbocycles. The molecule has 0 spiro atoms. The van der Waals surface area contributed by atoms with Gasteiger partial charge in [-0.15, -0.1) is 0 Å². The highest BCUT2D eigenvalue weighted by Gasteiger charge is 2.21. The predicted octanol–water partition coefficient (Wildman–Crippen LogP) is 1.11. The fourth-order valence-corrected chi connectivity index (χ4v) is 1.31.